The molecule has 0 bridgehead atoms. The van der Waals surface area contributed by atoms with E-state index < -0.39 is 30.7 Å². The Labute approximate surface area is 76.9 Å². The van der Waals surface area contributed by atoms with E-state index in [2.05, 4.69) is 0 Å². The van der Waals surface area contributed by atoms with Crippen molar-refractivity contribution in [3.05, 3.63) is 0 Å². The van der Waals surface area contributed by atoms with E-state index in [9.17, 15) is 0 Å². The normalized spacial score (nSPS) is 16.3. The van der Waals surface area contributed by atoms with Gasteiger partial charge in [-0.3, -0.25) is 0 Å². The van der Waals surface area contributed by atoms with Crippen LogP contribution in [0.15, 0.2) is 0 Å². The van der Waals surface area contributed by atoms with Crippen molar-refractivity contribution in [1.82, 2.24) is 0 Å². The standard InChI is InChI=1S/C4H8O.Ce.3ClH/c1-2-4-5-3-1;;;;/h1-4H2;;3*1H/q;+3;;;/p-3. The van der Waals surface area contributed by atoms with Crippen LogP contribution in [0.1, 0.15) is 12.8 Å². The van der Waals surface area contributed by atoms with Gasteiger partial charge in [0.15, 0.2) is 0 Å². The summed E-state index contributed by atoms with van der Waals surface area (Å²) in [5, 5.41) is 0. The third-order valence-electron chi connectivity index (χ3n) is 0.827. The molecule has 1 rings (SSSR count). The molecule has 1 aliphatic rings. The van der Waals surface area contributed by atoms with Crippen LogP contribution in [0.25, 0.3) is 0 Å². The Morgan fingerprint density at radius 3 is 1.44 bits per heavy atom. The van der Waals surface area contributed by atoms with Crippen LogP contribution in [0.3, 0.4) is 0 Å². The van der Waals surface area contributed by atoms with E-state index in [0.717, 1.165) is 13.2 Å². The first-order valence-electron chi connectivity index (χ1n) is 2.64. The Bertz CT molecular complexity index is 47.4. The Morgan fingerprint density at radius 2 is 1.33 bits per heavy atom. The molecule has 0 aromatic heterocycles. The van der Waals surface area contributed by atoms with E-state index in [1.165, 1.54) is 12.8 Å². The average molecular weight is 319 g/mol. The molecule has 0 aromatic carbocycles. The average Bonchev–Trinajstić information content (AvgIpc) is 2.11. The number of rotatable bonds is 0. The summed E-state index contributed by atoms with van der Waals surface area (Å²) in [6, 6.07) is 0. The fraction of sp³-hybridized carbons (Fsp3) is 1.00. The van der Waals surface area contributed by atoms with Gasteiger partial charge in [-0.15, -0.1) is 0 Å². The van der Waals surface area contributed by atoms with E-state index in [0.29, 0.717) is 0 Å². The summed E-state index contributed by atoms with van der Waals surface area (Å²) in [7, 11) is 0. The maximum absolute atomic E-state index is 5.02. The van der Waals surface area contributed by atoms with Gasteiger partial charge in [0.1, 0.15) is 0 Å². The van der Waals surface area contributed by atoms with Gasteiger partial charge in [0.05, 0.1) is 0 Å². The molecule has 0 spiro atoms. The van der Waals surface area contributed by atoms with Crippen molar-refractivity contribution in [2.24, 2.45) is 0 Å². The topological polar surface area (TPSA) is 9.23 Å². The summed E-state index contributed by atoms with van der Waals surface area (Å²) >= 11 is -2.24. The number of hydrogen-bond acceptors (Lipinski definition) is 1. The van der Waals surface area contributed by atoms with Crippen LogP contribution in [-0.4, -0.2) is 13.2 Å². The molecule has 55 valence electrons. The van der Waals surface area contributed by atoms with Crippen molar-refractivity contribution in [3.8, 4) is 0 Å². The third-order valence-corrected chi connectivity index (χ3v) is 0.827. The van der Waals surface area contributed by atoms with Gasteiger partial charge in [-0.25, -0.2) is 0 Å². The molecule has 1 fully saturated rings. The van der Waals surface area contributed by atoms with Gasteiger partial charge < -0.3 is 4.74 Å². The molecule has 1 heterocycles. The second-order valence-electron chi connectivity index (χ2n) is 1.53. The first-order chi connectivity index (χ1) is 4.23. The first-order valence-corrected chi connectivity index (χ1v) is 14.5. The number of hydrogen-bond donors (Lipinski definition) is 0. The zero-order chi connectivity index (χ0) is 7.11. The van der Waals surface area contributed by atoms with E-state index in [1.54, 1.807) is 0 Å². The molecule has 1 saturated heterocycles. The van der Waals surface area contributed by atoms with Crippen LogP contribution < -0.4 is 0 Å². The summed E-state index contributed by atoms with van der Waals surface area (Å²) in [6.45, 7) is 2.00. The first kappa shape index (κ1) is 11.2. The van der Waals surface area contributed by atoms with Gasteiger partial charge >= 0.3 is 47.6 Å². The van der Waals surface area contributed by atoms with Gasteiger partial charge in [-0.1, -0.05) is 0 Å². The number of ether oxygens (including phenoxy) is 1. The van der Waals surface area contributed by atoms with Crippen LogP contribution in [0.2, 0.25) is 0 Å². The second-order valence-corrected chi connectivity index (χ2v) is 15.4. The Morgan fingerprint density at radius 1 is 1.00 bits per heavy atom. The molecule has 0 aromatic rings. The van der Waals surface area contributed by atoms with E-state index in [4.69, 9.17) is 21.6 Å². The van der Waals surface area contributed by atoms with E-state index in [-0.39, 0.29) is 0 Å². The molecule has 0 radical (unpaired) electrons. The predicted molar refractivity (Wildman–Crippen MR) is 37.6 cm³/mol. The maximum atomic E-state index is 5.02. The summed E-state index contributed by atoms with van der Waals surface area (Å²) in [5.74, 6) is 0. The SMILES string of the molecule is C1CCOC1.[Cl][Ce]([Cl])[Cl]. The number of halogens is 3. The summed E-state index contributed by atoms with van der Waals surface area (Å²) < 4.78 is 4.94. The van der Waals surface area contributed by atoms with Gasteiger partial charge in [0, 0.05) is 13.2 Å². The molecule has 5 heteroatoms. The fourth-order valence-electron chi connectivity index (χ4n) is 0.510. The van der Waals surface area contributed by atoms with Gasteiger partial charge in [-0.05, 0) is 12.8 Å². The molecule has 0 unspecified atom stereocenters. The van der Waals surface area contributed by atoms with Crippen molar-refractivity contribution in [2.45, 2.75) is 12.8 Å². The summed E-state index contributed by atoms with van der Waals surface area (Å²) in [6.07, 6.45) is 2.56. The molecule has 0 atom stereocenters. The Balaban J connectivity index is 0.000000148. The molecule has 9 heavy (non-hydrogen) atoms. The van der Waals surface area contributed by atoms with Crippen LogP contribution in [0.5, 0.6) is 0 Å². The van der Waals surface area contributed by atoms with Crippen LogP contribution >= 0.6 is 16.9 Å². The molecule has 1 aliphatic heterocycles. The van der Waals surface area contributed by atoms with E-state index >= 15 is 0 Å². The van der Waals surface area contributed by atoms with Gasteiger partial charge in [-0.2, -0.15) is 0 Å². The van der Waals surface area contributed by atoms with Crippen LogP contribution in [-0.2, 0) is 4.74 Å². The Kier molecular flexibility index (Phi) is 10.3. The summed E-state index contributed by atoms with van der Waals surface area (Å²) in [5.41, 5.74) is 15.1. The van der Waals surface area contributed by atoms with Gasteiger partial charge in [0.25, 0.3) is 0 Å². The molecular formula is C4H8CeCl3O. The quantitative estimate of drug-likeness (QED) is 0.667. The second kappa shape index (κ2) is 8.30. The molecule has 0 N–H and O–H groups in total. The third kappa shape index (κ3) is 13.2. The van der Waals surface area contributed by atoms with Crippen molar-refractivity contribution in [1.29, 1.82) is 0 Å². The minimum absolute atomic E-state index is 1.00. The molecule has 0 amide bonds. The molecule has 0 saturated carbocycles. The summed E-state index contributed by atoms with van der Waals surface area (Å²) in [4.78, 5) is 0. The monoisotopic (exact) mass is 317 g/mol. The van der Waals surface area contributed by atoms with Crippen molar-refractivity contribution in [3.63, 3.8) is 0 Å². The molecular weight excluding hydrogens is 311 g/mol. The molecule has 0 aliphatic carbocycles. The fourth-order valence-corrected chi connectivity index (χ4v) is 0.510. The zero-order valence-electron chi connectivity index (χ0n) is 4.87. The van der Waals surface area contributed by atoms with E-state index in [1.807, 2.05) is 0 Å². The van der Waals surface area contributed by atoms with Crippen molar-refractivity contribution >= 4 is 16.9 Å². The van der Waals surface area contributed by atoms with Crippen molar-refractivity contribution in [2.75, 3.05) is 13.2 Å². The van der Waals surface area contributed by atoms with Crippen LogP contribution in [0, 0.1) is 30.7 Å². The minimum atomic E-state index is -2.24. The zero-order valence-corrected chi connectivity index (χ0v) is 10.3. The predicted octanol–water partition coefficient (Wildman–Crippen LogP) is 2.87. The molecule has 1 nitrogen and oxygen atoms in total. The van der Waals surface area contributed by atoms with Gasteiger partial charge in [0.2, 0.25) is 0 Å². The van der Waals surface area contributed by atoms with Crippen molar-refractivity contribution < 1.29 is 35.4 Å². The van der Waals surface area contributed by atoms with Crippen LogP contribution in [0.4, 0.5) is 0 Å². The Hall–Kier alpha value is 2.21.